The number of nitrogens with zero attached hydrogens (tertiary/aromatic N) is 2. The van der Waals surface area contributed by atoms with Gasteiger partial charge in [-0.15, -0.1) is 0 Å². The van der Waals surface area contributed by atoms with E-state index < -0.39 is 5.97 Å². The molecule has 0 aliphatic rings. The van der Waals surface area contributed by atoms with Crippen molar-refractivity contribution in [2.75, 3.05) is 5.32 Å². The highest BCUT2D eigenvalue weighted by Crippen LogP contribution is 2.20. The standard InChI is InChI=1S/C23H19N3O2/c1-16(17-8-4-2-5-9-17)25-22-15-24-20-13-12-18(14-21(20)26-22)23(27)28-19-10-6-3-7-11-19/h2-16H,1H3,(H,25,26). The Bertz CT molecular complexity index is 1100. The van der Waals surface area contributed by atoms with Crippen molar-refractivity contribution in [2.45, 2.75) is 13.0 Å². The first-order valence-corrected chi connectivity index (χ1v) is 9.04. The maximum absolute atomic E-state index is 12.4. The second-order valence-electron chi connectivity index (χ2n) is 6.44. The largest absolute Gasteiger partial charge is 0.423 e. The van der Waals surface area contributed by atoms with Crippen LogP contribution in [0.25, 0.3) is 11.0 Å². The molecule has 1 aromatic heterocycles. The van der Waals surface area contributed by atoms with Gasteiger partial charge in [-0.25, -0.2) is 9.78 Å². The fourth-order valence-corrected chi connectivity index (χ4v) is 2.91. The van der Waals surface area contributed by atoms with Gasteiger partial charge in [0.2, 0.25) is 0 Å². The molecule has 0 aliphatic heterocycles. The van der Waals surface area contributed by atoms with Crippen molar-refractivity contribution >= 4 is 22.8 Å². The molecule has 0 bridgehead atoms. The fourth-order valence-electron chi connectivity index (χ4n) is 2.91. The average Bonchev–Trinajstić information content (AvgIpc) is 2.74. The van der Waals surface area contributed by atoms with E-state index in [0.29, 0.717) is 28.2 Å². The molecule has 0 spiro atoms. The van der Waals surface area contributed by atoms with Gasteiger partial charge < -0.3 is 10.1 Å². The predicted molar refractivity (Wildman–Crippen MR) is 109 cm³/mol. The predicted octanol–water partition coefficient (Wildman–Crippen LogP) is 5.02. The number of carbonyl (C=O) groups excluding carboxylic acids is 1. The number of carbonyl (C=O) groups is 1. The Balaban J connectivity index is 1.56. The topological polar surface area (TPSA) is 64.1 Å². The first-order chi connectivity index (χ1) is 13.7. The van der Waals surface area contributed by atoms with Crippen molar-refractivity contribution in [2.24, 2.45) is 0 Å². The van der Waals surface area contributed by atoms with Crippen molar-refractivity contribution < 1.29 is 9.53 Å². The van der Waals surface area contributed by atoms with E-state index >= 15 is 0 Å². The Kier molecular flexibility index (Phi) is 4.97. The quantitative estimate of drug-likeness (QED) is 0.395. The molecular formula is C23H19N3O2. The first kappa shape index (κ1) is 17.7. The lowest BCUT2D eigenvalue weighted by Crippen LogP contribution is -2.10. The first-order valence-electron chi connectivity index (χ1n) is 9.04. The number of benzene rings is 3. The van der Waals surface area contributed by atoms with E-state index in [-0.39, 0.29) is 6.04 Å². The van der Waals surface area contributed by atoms with Crippen LogP contribution in [0.15, 0.2) is 85.1 Å². The minimum atomic E-state index is -0.425. The van der Waals surface area contributed by atoms with Crippen LogP contribution in [-0.2, 0) is 0 Å². The van der Waals surface area contributed by atoms with Crippen LogP contribution in [-0.4, -0.2) is 15.9 Å². The summed E-state index contributed by atoms with van der Waals surface area (Å²) in [6.07, 6.45) is 1.70. The second kappa shape index (κ2) is 7.88. The number of fused-ring (bicyclic) bond motifs is 1. The fraction of sp³-hybridized carbons (Fsp3) is 0.0870. The van der Waals surface area contributed by atoms with Gasteiger partial charge in [-0.3, -0.25) is 4.98 Å². The lowest BCUT2D eigenvalue weighted by molar-refractivity contribution is 0.0735. The molecule has 5 nitrogen and oxygen atoms in total. The van der Waals surface area contributed by atoms with Gasteiger partial charge >= 0.3 is 5.97 Å². The summed E-state index contributed by atoms with van der Waals surface area (Å²) in [6, 6.07) is 24.4. The van der Waals surface area contributed by atoms with Crippen molar-refractivity contribution in [1.82, 2.24) is 9.97 Å². The van der Waals surface area contributed by atoms with Crippen molar-refractivity contribution in [3.05, 3.63) is 96.2 Å². The summed E-state index contributed by atoms with van der Waals surface area (Å²) in [4.78, 5) is 21.5. The van der Waals surface area contributed by atoms with E-state index in [4.69, 9.17) is 4.74 Å². The molecule has 3 aromatic carbocycles. The van der Waals surface area contributed by atoms with Gasteiger partial charge in [-0.1, -0.05) is 48.5 Å². The molecule has 0 aliphatic carbocycles. The molecule has 0 saturated carbocycles. The van der Waals surface area contributed by atoms with Crippen LogP contribution in [0.4, 0.5) is 5.82 Å². The molecule has 0 saturated heterocycles. The molecule has 4 rings (SSSR count). The molecule has 4 aromatic rings. The zero-order chi connectivity index (χ0) is 19.3. The van der Waals surface area contributed by atoms with Crippen molar-refractivity contribution in [3.63, 3.8) is 0 Å². The zero-order valence-electron chi connectivity index (χ0n) is 15.4. The number of rotatable bonds is 5. The molecule has 28 heavy (non-hydrogen) atoms. The zero-order valence-corrected chi connectivity index (χ0v) is 15.4. The Morgan fingerprint density at radius 3 is 2.39 bits per heavy atom. The summed E-state index contributed by atoms with van der Waals surface area (Å²) in [6.45, 7) is 2.06. The third kappa shape index (κ3) is 3.99. The molecule has 1 heterocycles. The maximum Gasteiger partial charge on any atom is 0.343 e. The summed E-state index contributed by atoms with van der Waals surface area (Å²) >= 11 is 0. The van der Waals surface area contributed by atoms with Gasteiger partial charge in [-0.05, 0) is 42.8 Å². The highest BCUT2D eigenvalue weighted by molar-refractivity contribution is 5.94. The second-order valence-corrected chi connectivity index (χ2v) is 6.44. The molecular weight excluding hydrogens is 350 g/mol. The van der Waals surface area contributed by atoms with Crippen LogP contribution in [0, 0.1) is 0 Å². The van der Waals surface area contributed by atoms with Crippen LogP contribution in [0.1, 0.15) is 28.9 Å². The summed E-state index contributed by atoms with van der Waals surface area (Å²) < 4.78 is 5.40. The van der Waals surface area contributed by atoms with E-state index in [1.807, 2.05) is 36.4 Å². The number of esters is 1. The van der Waals surface area contributed by atoms with Crippen LogP contribution in [0.5, 0.6) is 5.75 Å². The van der Waals surface area contributed by atoms with Crippen LogP contribution >= 0.6 is 0 Å². The monoisotopic (exact) mass is 369 g/mol. The van der Waals surface area contributed by atoms with Gasteiger partial charge in [0.25, 0.3) is 0 Å². The maximum atomic E-state index is 12.4. The molecule has 1 unspecified atom stereocenters. The number of hydrogen-bond donors (Lipinski definition) is 1. The highest BCUT2D eigenvalue weighted by atomic mass is 16.5. The summed E-state index contributed by atoms with van der Waals surface area (Å²) in [5.74, 6) is 0.731. The van der Waals surface area contributed by atoms with E-state index in [1.165, 1.54) is 0 Å². The molecule has 1 N–H and O–H groups in total. The molecule has 0 fully saturated rings. The Hall–Kier alpha value is -3.73. The SMILES string of the molecule is CC(Nc1cnc2ccc(C(=O)Oc3ccccc3)cc2n1)c1ccccc1. The van der Waals surface area contributed by atoms with Crippen molar-refractivity contribution in [1.29, 1.82) is 0 Å². The Morgan fingerprint density at radius 2 is 1.64 bits per heavy atom. The Morgan fingerprint density at radius 1 is 0.929 bits per heavy atom. The highest BCUT2D eigenvalue weighted by Gasteiger charge is 2.11. The van der Waals surface area contributed by atoms with Gasteiger partial charge in [0.15, 0.2) is 0 Å². The summed E-state index contributed by atoms with van der Waals surface area (Å²) in [7, 11) is 0. The number of ether oxygens (including phenoxy) is 1. The van der Waals surface area contributed by atoms with Gasteiger partial charge in [0.05, 0.1) is 22.8 Å². The average molecular weight is 369 g/mol. The lowest BCUT2D eigenvalue weighted by Gasteiger charge is -2.15. The van der Waals surface area contributed by atoms with Crippen LogP contribution in [0.2, 0.25) is 0 Å². The summed E-state index contributed by atoms with van der Waals surface area (Å²) in [5.41, 5.74) is 2.94. The smallest absolute Gasteiger partial charge is 0.343 e. The van der Waals surface area contributed by atoms with E-state index in [2.05, 4.69) is 34.3 Å². The van der Waals surface area contributed by atoms with Gasteiger partial charge in [-0.2, -0.15) is 0 Å². The molecule has 5 heteroatoms. The van der Waals surface area contributed by atoms with Crippen LogP contribution in [0.3, 0.4) is 0 Å². The molecule has 0 radical (unpaired) electrons. The van der Waals surface area contributed by atoms with Gasteiger partial charge in [0.1, 0.15) is 11.6 Å². The number of anilines is 1. The normalized spacial score (nSPS) is 11.8. The van der Waals surface area contributed by atoms with Crippen LogP contribution < -0.4 is 10.1 Å². The van der Waals surface area contributed by atoms with Crippen molar-refractivity contribution in [3.8, 4) is 5.75 Å². The lowest BCUT2D eigenvalue weighted by atomic mass is 10.1. The van der Waals surface area contributed by atoms with E-state index in [9.17, 15) is 4.79 Å². The molecule has 0 amide bonds. The van der Waals surface area contributed by atoms with E-state index in [1.54, 1.807) is 36.5 Å². The Labute approximate surface area is 163 Å². The molecule has 138 valence electrons. The minimum Gasteiger partial charge on any atom is -0.423 e. The summed E-state index contributed by atoms with van der Waals surface area (Å²) in [5, 5.41) is 3.35. The minimum absolute atomic E-state index is 0.0826. The van der Waals surface area contributed by atoms with Gasteiger partial charge in [0, 0.05) is 6.04 Å². The number of aromatic nitrogens is 2. The molecule has 1 atom stereocenters. The van der Waals surface area contributed by atoms with E-state index in [0.717, 1.165) is 5.56 Å². The third-order valence-corrected chi connectivity index (χ3v) is 4.40. The number of nitrogens with one attached hydrogen (secondary N) is 1. The number of para-hydroxylation sites is 1. The number of hydrogen-bond acceptors (Lipinski definition) is 5. The third-order valence-electron chi connectivity index (χ3n) is 4.40.